The van der Waals surface area contributed by atoms with Gasteiger partial charge >= 0.3 is 0 Å². The predicted molar refractivity (Wildman–Crippen MR) is 81.1 cm³/mol. The lowest BCUT2D eigenvalue weighted by Gasteiger charge is -2.12. The second kappa shape index (κ2) is 6.53. The summed E-state index contributed by atoms with van der Waals surface area (Å²) in [5.41, 5.74) is 3.22. The summed E-state index contributed by atoms with van der Waals surface area (Å²) in [5, 5.41) is 2.61. The number of carbonyl (C=O) groups is 1. The summed E-state index contributed by atoms with van der Waals surface area (Å²) in [4.78, 5) is 16.4. The molecule has 0 radical (unpaired) electrons. The van der Waals surface area contributed by atoms with Gasteiger partial charge in [-0.2, -0.15) is 0 Å². The van der Waals surface area contributed by atoms with Crippen LogP contribution in [-0.2, 0) is 0 Å². The number of carbonyl (C=O) groups excluding carboxylic acids is 1. The van der Waals surface area contributed by atoms with Crippen molar-refractivity contribution in [3.05, 3.63) is 65.0 Å². The second-order valence-electron chi connectivity index (χ2n) is 4.67. The number of nitrogens with zero attached hydrogens (tertiary/aromatic N) is 1. The number of benzene rings is 1. The van der Waals surface area contributed by atoms with Crippen LogP contribution in [0.2, 0.25) is 0 Å². The Kier molecular flexibility index (Phi) is 4.74. The van der Waals surface area contributed by atoms with Crippen LogP contribution < -0.4 is 5.32 Å². The Morgan fingerprint density at radius 1 is 1.20 bits per heavy atom. The van der Waals surface area contributed by atoms with Gasteiger partial charge in [0.1, 0.15) is 0 Å². The highest BCUT2D eigenvalue weighted by atomic mass is 35.5. The summed E-state index contributed by atoms with van der Waals surface area (Å²) in [7, 11) is 0. The molecule has 0 spiro atoms. The van der Waals surface area contributed by atoms with Gasteiger partial charge in [0.05, 0.1) is 16.6 Å². The summed E-state index contributed by atoms with van der Waals surface area (Å²) in [5.74, 6) is -0.142. The van der Waals surface area contributed by atoms with Crippen LogP contribution in [0.4, 0.5) is 0 Å². The van der Waals surface area contributed by atoms with Crippen molar-refractivity contribution >= 4 is 17.5 Å². The number of aryl methyl sites for hydroxylation is 2. The van der Waals surface area contributed by atoms with Gasteiger partial charge in [0.2, 0.25) is 0 Å². The van der Waals surface area contributed by atoms with Crippen LogP contribution in [0.1, 0.15) is 32.7 Å². The van der Waals surface area contributed by atoms with Gasteiger partial charge in [0, 0.05) is 12.2 Å². The Morgan fingerprint density at radius 3 is 2.55 bits per heavy atom. The number of halogens is 1. The van der Waals surface area contributed by atoms with E-state index in [2.05, 4.69) is 10.3 Å². The van der Waals surface area contributed by atoms with E-state index in [9.17, 15) is 4.79 Å². The molecule has 2 rings (SSSR count). The molecule has 0 saturated heterocycles. The first-order chi connectivity index (χ1) is 9.58. The summed E-state index contributed by atoms with van der Waals surface area (Å²) in [6.07, 6.45) is 0. The van der Waals surface area contributed by atoms with E-state index in [0.29, 0.717) is 12.1 Å². The molecule has 0 aliphatic rings. The van der Waals surface area contributed by atoms with E-state index >= 15 is 0 Å². The maximum absolute atomic E-state index is 12.1. The SMILES string of the molecule is Cc1ccc(C(=O)NCC(Cl)c2ccccc2)c(C)n1. The summed E-state index contributed by atoms with van der Waals surface area (Å²) in [6, 6.07) is 13.3. The largest absolute Gasteiger partial charge is 0.350 e. The van der Waals surface area contributed by atoms with E-state index in [0.717, 1.165) is 17.0 Å². The van der Waals surface area contributed by atoms with Crippen molar-refractivity contribution in [2.75, 3.05) is 6.54 Å². The van der Waals surface area contributed by atoms with Crippen LogP contribution in [0.3, 0.4) is 0 Å². The Bertz CT molecular complexity index is 599. The van der Waals surface area contributed by atoms with Crippen molar-refractivity contribution in [3.8, 4) is 0 Å². The van der Waals surface area contributed by atoms with E-state index in [1.54, 1.807) is 6.07 Å². The highest BCUT2D eigenvalue weighted by Gasteiger charge is 2.13. The molecule has 104 valence electrons. The van der Waals surface area contributed by atoms with Gasteiger partial charge in [-0.1, -0.05) is 30.3 Å². The minimum absolute atomic E-state index is 0.142. The van der Waals surface area contributed by atoms with Gasteiger partial charge in [0.25, 0.3) is 5.91 Å². The zero-order valence-electron chi connectivity index (χ0n) is 11.6. The lowest BCUT2D eigenvalue weighted by atomic mass is 10.1. The highest BCUT2D eigenvalue weighted by molar-refractivity contribution is 6.21. The van der Waals surface area contributed by atoms with Crippen molar-refractivity contribution in [2.24, 2.45) is 0 Å². The number of hydrogen-bond donors (Lipinski definition) is 1. The molecule has 3 nitrogen and oxygen atoms in total. The lowest BCUT2D eigenvalue weighted by Crippen LogP contribution is -2.27. The number of aromatic nitrogens is 1. The smallest absolute Gasteiger partial charge is 0.253 e. The van der Waals surface area contributed by atoms with Crippen molar-refractivity contribution in [3.63, 3.8) is 0 Å². The molecule has 4 heteroatoms. The number of alkyl halides is 1. The third-order valence-electron chi connectivity index (χ3n) is 3.07. The molecule has 0 bridgehead atoms. The maximum Gasteiger partial charge on any atom is 0.253 e. The number of hydrogen-bond acceptors (Lipinski definition) is 2. The average molecular weight is 289 g/mol. The first-order valence-corrected chi connectivity index (χ1v) is 6.93. The predicted octanol–water partition coefficient (Wildman–Crippen LogP) is 3.41. The molecule has 1 aromatic carbocycles. The van der Waals surface area contributed by atoms with Crippen molar-refractivity contribution in [1.29, 1.82) is 0 Å². The molecule has 1 N–H and O–H groups in total. The minimum Gasteiger partial charge on any atom is -0.350 e. The molecule has 20 heavy (non-hydrogen) atoms. The fraction of sp³-hybridized carbons (Fsp3) is 0.250. The molecule has 2 aromatic rings. The Hall–Kier alpha value is -1.87. The average Bonchev–Trinajstić information content (AvgIpc) is 2.45. The van der Waals surface area contributed by atoms with Gasteiger partial charge < -0.3 is 5.32 Å². The normalized spacial score (nSPS) is 11.9. The van der Waals surface area contributed by atoms with Crippen LogP contribution >= 0.6 is 11.6 Å². The van der Waals surface area contributed by atoms with Gasteiger partial charge in [-0.3, -0.25) is 9.78 Å². The molecule has 0 aliphatic carbocycles. The van der Waals surface area contributed by atoms with Crippen molar-refractivity contribution in [2.45, 2.75) is 19.2 Å². The molecule has 1 atom stereocenters. The summed E-state index contributed by atoms with van der Waals surface area (Å²) >= 11 is 6.27. The fourth-order valence-electron chi connectivity index (χ4n) is 1.98. The molecular formula is C16H17ClN2O. The van der Waals surface area contributed by atoms with Crippen LogP contribution in [0.15, 0.2) is 42.5 Å². The number of amides is 1. The van der Waals surface area contributed by atoms with Gasteiger partial charge in [-0.05, 0) is 31.5 Å². The van der Waals surface area contributed by atoms with Crippen LogP contribution in [0.5, 0.6) is 0 Å². The van der Waals surface area contributed by atoms with Crippen molar-refractivity contribution in [1.82, 2.24) is 10.3 Å². The molecule has 0 fully saturated rings. The summed E-state index contributed by atoms with van der Waals surface area (Å²) in [6.45, 7) is 4.12. The van der Waals surface area contributed by atoms with E-state index in [-0.39, 0.29) is 11.3 Å². The zero-order valence-corrected chi connectivity index (χ0v) is 12.3. The van der Waals surface area contributed by atoms with E-state index in [1.807, 2.05) is 50.2 Å². The first-order valence-electron chi connectivity index (χ1n) is 6.49. The number of pyridine rings is 1. The zero-order chi connectivity index (χ0) is 14.5. The lowest BCUT2D eigenvalue weighted by molar-refractivity contribution is 0.0952. The van der Waals surface area contributed by atoms with Gasteiger partial charge in [-0.15, -0.1) is 11.6 Å². The molecule has 0 aliphatic heterocycles. The first kappa shape index (κ1) is 14.5. The highest BCUT2D eigenvalue weighted by Crippen LogP contribution is 2.18. The summed E-state index contributed by atoms with van der Waals surface area (Å²) < 4.78 is 0. The maximum atomic E-state index is 12.1. The number of rotatable bonds is 4. The molecule has 1 unspecified atom stereocenters. The molecule has 0 saturated carbocycles. The second-order valence-corrected chi connectivity index (χ2v) is 5.20. The number of nitrogens with one attached hydrogen (secondary N) is 1. The fourth-order valence-corrected chi connectivity index (χ4v) is 2.21. The molecule has 1 aromatic heterocycles. The van der Waals surface area contributed by atoms with E-state index in [1.165, 1.54) is 0 Å². The molecule has 1 amide bonds. The van der Waals surface area contributed by atoms with Crippen LogP contribution in [0.25, 0.3) is 0 Å². The molecule has 1 heterocycles. The van der Waals surface area contributed by atoms with E-state index in [4.69, 9.17) is 11.6 Å². The monoisotopic (exact) mass is 288 g/mol. The third-order valence-corrected chi connectivity index (χ3v) is 3.48. The topological polar surface area (TPSA) is 42.0 Å². The minimum atomic E-state index is -0.237. The quantitative estimate of drug-likeness (QED) is 0.876. The third kappa shape index (κ3) is 3.58. The Balaban J connectivity index is 1.99. The van der Waals surface area contributed by atoms with E-state index < -0.39 is 0 Å². The standard InChI is InChI=1S/C16H17ClN2O/c1-11-8-9-14(12(2)19-11)16(20)18-10-15(17)13-6-4-3-5-7-13/h3-9,15H,10H2,1-2H3,(H,18,20). The van der Waals surface area contributed by atoms with Crippen LogP contribution in [0, 0.1) is 13.8 Å². The Morgan fingerprint density at radius 2 is 1.90 bits per heavy atom. The van der Waals surface area contributed by atoms with Gasteiger partial charge in [-0.25, -0.2) is 0 Å². The van der Waals surface area contributed by atoms with Crippen molar-refractivity contribution < 1.29 is 4.79 Å². The molecular weight excluding hydrogens is 272 g/mol. The Labute approximate surface area is 124 Å². The van der Waals surface area contributed by atoms with Gasteiger partial charge in [0.15, 0.2) is 0 Å². The van der Waals surface area contributed by atoms with Crippen LogP contribution in [-0.4, -0.2) is 17.4 Å².